The predicted octanol–water partition coefficient (Wildman–Crippen LogP) is 3.53. The van der Waals surface area contributed by atoms with Gasteiger partial charge in [-0.3, -0.25) is 5.41 Å². The smallest absolute Gasteiger partial charge is 0.144 e. The summed E-state index contributed by atoms with van der Waals surface area (Å²) in [5, 5.41) is 19.8. The molecule has 1 aromatic heterocycles. The highest BCUT2D eigenvalue weighted by atomic mass is 32.2. The Labute approximate surface area is 138 Å². The number of fused-ring (bicyclic) bond motifs is 2. The Morgan fingerprint density at radius 2 is 2.09 bits per heavy atom. The minimum atomic E-state index is -0.698. The Bertz CT molecular complexity index is 759. The summed E-state index contributed by atoms with van der Waals surface area (Å²) in [5.41, 5.74) is 2.62. The summed E-state index contributed by atoms with van der Waals surface area (Å²) >= 11 is 1.32. The first kappa shape index (κ1) is 14.8. The number of alkyl halides is 1. The zero-order valence-electron chi connectivity index (χ0n) is 13.0. The van der Waals surface area contributed by atoms with E-state index in [-0.39, 0.29) is 12.0 Å². The average molecular weight is 331 g/mol. The van der Waals surface area contributed by atoms with E-state index in [1.807, 2.05) is 6.92 Å². The Balaban J connectivity index is 1.69. The second-order valence-electron chi connectivity index (χ2n) is 6.52. The molecule has 5 nitrogen and oxygen atoms in total. The fourth-order valence-corrected chi connectivity index (χ4v) is 4.61. The standard InChI is InChI=1S/C16H18FN5S/c1-6(7(2)18)12-13-14(23-15(12)19)16(21-5-20-13)22-11-4-10(17)8-3-9(8)11/h5,8-11,18-19H,3-4H2,1-2H3,(H,20,21,22)/b12-6-,18-7?,19-15?/t8?,9?,10-,11+/m0/s1. The number of anilines is 1. The lowest BCUT2D eigenvalue weighted by atomic mass is 10.0. The molecule has 0 amide bonds. The van der Waals surface area contributed by atoms with E-state index in [1.165, 1.54) is 18.1 Å². The quantitative estimate of drug-likeness (QED) is 0.740. The van der Waals surface area contributed by atoms with Gasteiger partial charge in [0.05, 0.1) is 10.6 Å². The van der Waals surface area contributed by atoms with E-state index in [4.69, 9.17) is 10.8 Å². The van der Waals surface area contributed by atoms with Crippen molar-refractivity contribution in [2.75, 3.05) is 5.32 Å². The number of halogens is 1. The Morgan fingerprint density at radius 3 is 2.70 bits per heavy atom. The van der Waals surface area contributed by atoms with Crippen LogP contribution < -0.4 is 5.32 Å². The molecule has 2 heterocycles. The Morgan fingerprint density at radius 1 is 1.30 bits per heavy atom. The van der Waals surface area contributed by atoms with Crippen LogP contribution in [0.1, 0.15) is 32.4 Å². The van der Waals surface area contributed by atoms with Crippen molar-refractivity contribution >= 4 is 33.9 Å². The maximum Gasteiger partial charge on any atom is 0.144 e. The van der Waals surface area contributed by atoms with Crippen molar-refractivity contribution in [3.8, 4) is 0 Å². The molecule has 1 aliphatic heterocycles. The van der Waals surface area contributed by atoms with Crippen LogP contribution in [0.15, 0.2) is 16.8 Å². The first-order valence-corrected chi connectivity index (χ1v) is 8.58. The Hall–Kier alpha value is -1.76. The largest absolute Gasteiger partial charge is 0.366 e. The van der Waals surface area contributed by atoms with Gasteiger partial charge in [0.1, 0.15) is 23.4 Å². The molecule has 2 saturated carbocycles. The lowest BCUT2D eigenvalue weighted by Crippen LogP contribution is -2.21. The van der Waals surface area contributed by atoms with Gasteiger partial charge in [0.2, 0.25) is 0 Å². The summed E-state index contributed by atoms with van der Waals surface area (Å²) in [4.78, 5) is 9.49. The molecule has 0 saturated heterocycles. The molecule has 4 atom stereocenters. The third-order valence-corrected chi connectivity index (χ3v) is 6.08. The van der Waals surface area contributed by atoms with Gasteiger partial charge in [0.15, 0.2) is 0 Å². The Kier molecular flexibility index (Phi) is 3.30. The minimum Gasteiger partial charge on any atom is -0.366 e. The van der Waals surface area contributed by atoms with Crippen molar-refractivity contribution < 1.29 is 4.39 Å². The van der Waals surface area contributed by atoms with Gasteiger partial charge >= 0.3 is 0 Å². The number of nitrogens with zero attached hydrogens (tertiary/aromatic N) is 2. The number of rotatable bonds is 3. The fourth-order valence-electron chi connectivity index (χ4n) is 3.60. The van der Waals surface area contributed by atoms with Crippen LogP contribution in [0, 0.1) is 22.7 Å². The summed E-state index contributed by atoms with van der Waals surface area (Å²) < 4.78 is 13.8. The van der Waals surface area contributed by atoms with Crippen molar-refractivity contribution in [2.24, 2.45) is 11.8 Å². The van der Waals surface area contributed by atoms with E-state index in [9.17, 15) is 4.39 Å². The van der Waals surface area contributed by atoms with Gasteiger partial charge in [0.25, 0.3) is 0 Å². The highest BCUT2D eigenvalue weighted by molar-refractivity contribution is 8.15. The van der Waals surface area contributed by atoms with E-state index in [0.717, 1.165) is 16.9 Å². The normalized spacial score (nSPS) is 33.3. The van der Waals surface area contributed by atoms with Crippen LogP contribution >= 0.6 is 11.8 Å². The van der Waals surface area contributed by atoms with Crippen LogP contribution in [-0.2, 0) is 0 Å². The molecule has 1 aromatic rings. The van der Waals surface area contributed by atoms with Crippen molar-refractivity contribution in [1.82, 2.24) is 9.97 Å². The van der Waals surface area contributed by atoms with Crippen LogP contribution in [0.4, 0.5) is 10.2 Å². The lowest BCUT2D eigenvalue weighted by Gasteiger charge is -2.17. The number of allylic oxidation sites excluding steroid dienone is 1. The molecule has 2 aliphatic carbocycles. The van der Waals surface area contributed by atoms with Crippen molar-refractivity contribution in [3.63, 3.8) is 0 Å². The van der Waals surface area contributed by atoms with Crippen molar-refractivity contribution in [1.29, 1.82) is 10.8 Å². The second-order valence-corrected chi connectivity index (χ2v) is 7.54. The van der Waals surface area contributed by atoms with Gasteiger partial charge in [-0.2, -0.15) is 0 Å². The molecule has 7 heteroatoms. The van der Waals surface area contributed by atoms with Gasteiger partial charge in [-0.15, -0.1) is 0 Å². The molecule has 4 rings (SSSR count). The van der Waals surface area contributed by atoms with E-state index in [1.54, 1.807) is 6.92 Å². The van der Waals surface area contributed by atoms with Gasteiger partial charge < -0.3 is 10.7 Å². The molecule has 23 heavy (non-hydrogen) atoms. The van der Waals surface area contributed by atoms with Crippen molar-refractivity contribution in [2.45, 2.75) is 43.8 Å². The zero-order chi connectivity index (χ0) is 16.3. The molecule has 2 fully saturated rings. The van der Waals surface area contributed by atoms with Crippen LogP contribution in [0.25, 0.3) is 5.57 Å². The van der Waals surface area contributed by atoms with Gasteiger partial charge in [-0.25, -0.2) is 14.4 Å². The predicted molar refractivity (Wildman–Crippen MR) is 90.1 cm³/mol. The van der Waals surface area contributed by atoms with E-state index in [2.05, 4.69) is 15.3 Å². The maximum absolute atomic E-state index is 13.8. The van der Waals surface area contributed by atoms with Crippen LogP contribution in [-0.4, -0.2) is 32.9 Å². The number of hydrogen-bond donors (Lipinski definition) is 3. The molecule has 0 spiro atoms. The first-order valence-electron chi connectivity index (χ1n) is 7.76. The topological polar surface area (TPSA) is 85.5 Å². The molecule has 0 radical (unpaired) electrons. The SMILES string of the molecule is CC(=N)/C(C)=C1\C(=N)Sc2c(N[C@@H]3C[C@H](F)C4CC43)ncnc21. The third-order valence-electron chi connectivity index (χ3n) is 5.08. The number of nitrogens with one attached hydrogen (secondary N) is 3. The molecular weight excluding hydrogens is 313 g/mol. The van der Waals surface area contributed by atoms with E-state index >= 15 is 0 Å². The highest BCUT2D eigenvalue weighted by Gasteiger charge is 2.55. The number of hydrogen-bond acceptors (Lipinski definition) is 6. The highest BCUT2D eigenvalue weighted by Crippen LogP contribution is 2.54. The summed E-state index contributed by atoms with van der Waals surface area (Å²) in [5.74, 6) is 1.34. The third kappa shape index (κ3) is 2.29. The molecule has 3 N–H and O–H groups in total. The van der Waals surface area contributed by atoms with Gasteiger partial charge in [-0.05, 0) is 44.1 Å². The molecule has 2 unspecified atom stereocenters. The fraction of sp³-hybridized carbons (Fsp3) is 0.500. The maximum atomic E-state index is 13.8. The monoisotopic (exact) mass is 331 g/mol. The zero-order valence-corrected chi connectivity index (χ0v) is 13.8. The van der Waals surface area contributed by atoms with Crippen LogP contribution in [0.5, 0.6) is 0 Å². The molecule has 120 valence electrons. The number of aromatic nitrogens is 2. The summed E-state index contributed by atoms with van der Waals surface area (Å²) in [7, 11) is 0. The van der Waals surface area contributed by atoms with Crippen LogP contribution in [0.2, 0.25) is 0 Å². The molecular formula is C16H18FN5S. The van der Waals surface area contributed by atoms with E-state index < -0.39 is 6.17 Å². The second kappa shape index (κ2) is 5.12. The lowest BCUT2D eigenvalue weighted by molar-refractivity contribution is 0.304. The minimum absolute atomic E-state index is 0.127. The average Bonchev–Trinajstić information content (AvgIpc) is 3.15. The molecule has 0 bridgehead atoms. The molecule has 0 aromatic carbocycles. The summed E-state index contributed by atoms with van der Waals surface area (Å²) in [6.45, 7) is 3.56. The molecule has 3 aliphatic rings. The van der Waals surface area contributed by atoms with Gasteiger partial charge in [0, 0.05) is 17.3 Å². The van der Waals surface area contributed by atoms with E-state index in [0.29, 0.717) is 40.2 Å². The first-order chi connectivity index (χ1) is 11.0. The number of thioether (sulfide) groups is 1. The summed E-state index contributed by atoms with van der Waals surface area (Å²) in [6, 6.07) is 0.127. The van der Waals surface area contributed by atoms with Gasteiger partial charge in [-0.1, -0.05) is 11.8 Å². The van der Waals surface area contributed by atoms with Crippen molar-refractivity contribution in [3.05, 3.63) is 17.6 Å². The van der Waals surface area contributed by atoms with Crippen LogP contribution in [0.3, 0.4) is 0 Å². The summed E-state index contributed by atoms with van der Waals surface area (Å²) in [6.07, 6.45) is 2.29.